The first-order valence-corrected chi connectivity index (χ1v) is 8.73. The standard InChI is InChI=1S/C19H33N3O2/c1-6-20-19(21-11-18(23)14-24-13-15(2)3)22(5)12-17-10-8-7-9-16(17)4/h7-10,15,18,23H,6,11-14H2,1-5H3,(H,20,21). The zero-order chi connectivity index (χ0) is 17.9. The molecule has 1 unspecified atom stereocenters. The molecule has 24 heavy (non-hydrogen) atoms. The molecule has 0 aliphatic rings. The highest BCUT2D eigenvalue weighted by Crippen LogP contribution is 2.09. The van der Waals surface area contributed by atoms with Crippen LogP contribution in [0.1, 0.15) is 31.9 Å². The van der Waals surface area contributed by atoms with Gasteiger partial charge < -0.3 is 20.1 Å². The molecule has 0 radical (unpaired) electrons. The Morgan fingerprint density at radius 1 is 1.29 bits per heavy atom. The average molecular weight is 335 g/mol. The molecule has 0 aliphatic carbocycles. The van der Waals surface area contributed by atoms with E-state index < -0.39 is 6.10 Å². The summed E-state index contributed by atoms with van der Waals surface area (Å²) in [5, 5.41) is 13.3. The van der Waals surface area contributed by atoms with Crippen molar-refractivity contribution in [2.45, 2.75) is 40.3 Å². The first kappa shape index (κ1) is 20.5. The van der Waals surface area contributed by atoms with E-state index >= 15 is 0 Å². The van der Waals surface area contributed by atoms with Crippen LogP contribution >= 0.6 is 0 Å². The van der Waals surface area contributed by atoms with Gasteiger partial charge in [-0.1, -0.05) is 38.1 Å². The molecule has 136 valence electrons. The average Bonchev–Trinajstić information content (AvgIpc) is 2.53. The molecule has 0 saturated carbocycles. The molecular weight excluding hydrogens is 302 g/mol. The lowest BCUT2D eigenvalue weighted by atomic mass is 10.1. The number of nitrogens with zero attached hydrogens (tertiary/aromatic N) is 2. The molecule has 1 atom stereocenters. The predicted octanol–water partition coefficient (Wildman–Crippen LogP) is 2.43. The molecule has 5 nitrogen and oxygen atoms in total. The van der Waals surface area contributed by atoms with Gasteiger partial charge in [-0.2, -0.15) is 0 Å². The van der Waals surface area contributed by atoms with Gasteiger partial charge in [0, 0.05) is 26.7 Å². The summed E-state index contributed by atoms with van der Waals surface area (Å²) in [4.78, 5) is 6.62. The van der Waals surface area contributed by atoms with Gasteiger partial charge in [0.1, 0.15) is 0 Å². The van der Waals surface area contributed by atoms with E-state index in [0.717, 1.165) is 19.0 Å². The molecule has 0 aromatic heterocycles. The fraction of sp³-hybridized carbons (Fsp3) is 0.632. The minimum absolute atomic E-state index is 0.322. The second kappa shape index (κ2) is 11.0. The van der Waals surface area contributed by atoms with E-state index in [0.29, 0.717) is 25.7 Å². The molecule has 0 spiro atoms. The summed E-state index contributed by atoms with van der Waals surface area (Å²) in [5.74, 6) is 1.27. The number of guanidine groups is 1. The Labute approximate surface area is 146 Å². The monoisotopic (exact) mass is 335 g/mol. The van der Waals surface area contributed by atoms with Crippen LogP contribution in [0.2, 0.25) is 0 Å². The number of ether oxygens (including phenoxy) is 1. The largest absolute Gasteiger partial charge is 0.389 e. The maximum atomic E-state index is 10.0. The highest BCUT2D eigenvalue weighted by molar-refractivity contribution is 5.79. The van der Waals surface area contributed by atoms with Gasteiger partial charge >= 0.3 is 0 Å². The molecule has 0 fully saturated rings. The van der Waals surface area contributed by atoms with Crippen LogP contribution in [0.5, 0.6) is 0 Å². The normalized spacial score (nSPS) is 13.2. The number of aliphatic imine (C=N–C) groups is 1. The van der Waals surface area contributed by atoms with E-state index in [1.54, 1.807) is 0 Å². The minimum Gasteiger partial charge on any atom is -0.389 e. The Bertz CT molecular complexity index is 503. The molecule has 0 amide bonds. The summed E-state index contributed by atoms with van der Waals surface area (Å²) < 4.78 is 5.47. The van der Waals surface area contributed by atoms with Crippen LogP contribution in [-0.4, -0.2) is 55.4 Å². The van der Waals surface area contributed by atoms with Crippen molar-refractivity contribution in [3.05, 3.63) is 35.4 Å². The van der Waals surface area contributed by atoms with E-state index in [1.807, 2.05) is 20.0 Å². The topological polar surface area (TPSA) is 57.1 Å². The van der Waals surface area contributed by atoms with Crippen molar-refractivity contribution in [2.24, 2.45) is 10.9 Å². The van der Waals surface area contributed by atoms with Gasteiger partial charge in [-0.05, 0) is 30.9 Å². The third-order valence-electron chi connectivity index (χ3n) is 3.58. The maximum absolute atomic E-state index is 10.0. The highest BCUT2D eigenvalue weighted by atomic mass is 16.5. The smallest absolute Gasteiger partial charge is 0.194 e. The number of hydrogen-bond acceptors (Lipinski definition) is 3. The Kier molecular flexibility index (Phi) is 9.42. The van der Waals surface area contributed by atoms with E-state index in [1.165, 1.54) is 11.1 Å². The zero-order valence-electron chi connectivity index (χ0n) is 15.7. The molecule has 1 aromatic rings. The quantitative estimate of drug-likeness (QED) is 0.537. The van der Waals surface area contributed by atoms with Crippen molar-refractivity contribution in [3.8, 4) is 0 Å². The lowest BCUT2D eigenvalue weighted by molar-refractivity contribution is 0.0300. The van der Waals surface area contributed by atoms with Gasteiger partial charge in [0.05, 0.1) is 19.3 Å². The van der Waals surface area contributed by atoms with Gasteiger partial charge in [0.15, 0.2) is 5.96 Å². The molecule has 0 bridgehead atoms. The lowest BCUT2D eigenvalue weighted by Gasteiger charge is -2.23. The van der Waals surface area contributed by atoms with Gasteiger partial charge in [-0.15, -0.1) is 0 Å². The summed E-state index contributed by atoms with van der Waals surface area (Å²) >= 11 is 0. The fourth-order valence-electron chi connectivity index (χ4n) is 2.27. The van der Waals surface area contributed by atoms with Crippen molar-refractivity contribution >= 4 is 5.96 Å². The third-order valence-corrected chi connectivity index (χ3v) is 3.58. The maximum Gasteiger partial charge on any atom is 0.194 e. The first-order valence-electron chi connectivity index (χ1n) is 8.73. The van der Waals surface area contributed by atoms with Crippen molar-refractivity contribution in [3.63, 3.8) is 0 Å². The number of hydrogen-bond donors (Lipinski definition) is 2. The fourth-order valence-corrected chi connectivity index (χ4v) is 2.27. The van der Waals surface area contributed by atoms with Crippen LogP contribution in [0.3, 0.4) is 0 Å². The Balaban J connectivity index is 2.59. The van der Waals surface area contributed by atoms with Gasteiger partial charge in [-0.3, -0.25) is 4.99 Å². The van der Waals surface area contributed by atoms with E-state index in [-0.39, 0.29) is 0 Å². The Morgan fingerprint density at radius 2 is 2.00 bits per heavy atom. The summed E-state index contributed by atoms with van der Waals surface area (Å²) in [5.41, 5.74) is 2.54. The van der Waals surface area contributed by atoms with E-state index in [4.69, 9.17) is 4.74 Å². The molecular formula is C19H33N3O2. The van der Waals surface area contributed by atoms with Crippen LogP contribution in [0.4, 0.5) is 0 Å². The summed E-state index contributed by atoms with van der Waals surface area (Å²) in [7, 11) is 2.01. The highest BCUT2D eigenvalue weighted by Gasteiger charge is 2.10. The zero-order valence-corrected chi connectivity index (χ0v) is 15.7. The molecule has 1 aromatic carbocycles. The van der Waals surface area contributed by atoms with Crippen LogP contribution in [-0.2, 0) is 11.3 Å². The molecule has 0 heterocycles. The van der Waals surface area contributed by atoms with Crippen molar-refractivity contribution < 1.29 is 9.84 Å². The number of nitrogens with one attached hydrogen (secondary N) is 1. The molecule has 2 N–H and O–H groups in total. The van der Waals surface area contributed by atoms with Crippen LogP contribution in [0, 0.1) is 12.8 Å². The molecule has 1 rings (SSSR count). The first-order chi connectivity index (χ1) is 11.4. The Hall–Kier alpha value is -1.59. The lowest BCUT2D eigenvalue weighted by Crippen LogP contribution is -2.39. The van der Waals surface area contributed by atoms with Crippen molar-refractivity contribution in [1.82, 2.24) is 10.2 Å². The second-order valence-corrected chi connectivity index (χ2v) is 6.56. The van der Waals surface area contributed by atoms with E-state index in [2.05, 4.69) is 54.2 Å². The van der Waals surface area contributed by atoms with Crippen molar-refractivity contribution in [1.29, 1.82) is 0 Å². The van der Waals surface area contributed by atoms with Crippen LogP contribution < -0.4 is 5.32 Å². The van der Waals surface area contributed by atoms with Gasteiger partial charge in [0.2, 0.25) is 0 Å². The van der Waals surface area contributed by atoms with E-state index in [9.17, 15) is 5.11 Å². The molecule has 5 heteroatoms. The third kappa shape index (κ3) is 7.79. The number of aliphatic hydroxyl groups excluding tert-OH is 1. The second-order valence-electron chi connectivity index (χ2n) is 6.56. The molecule has 0 saturated heterocycles. The number of aliphatic hydroxyl groups is 1. The number of rotatable bonds is 9. The number of aryl methyl sites for hydroxylation is 1. The van der Waals surface area contributed by atoms with Crippen LogP contribution in [0.15, 0.2) is 29.3 Å². The summed E-state index contributed by atoms with van der Waals surface area (Å²) in [6.45, 7) is 11.2. The van der Waals surface area contributed by atoms with Gasteiger partial charge in [-0.25, -0.2) is 0 Å². The van der Waals surface area contributed by atoms with Crippen LogP contribution in [0.25, 0.3) is 0 Å². The predicted molar refractivity (Wildman–Crippen MR) is 100 cm³/mol. The van der Waals surface area contributed by atoms with Crippen molar-refractivity contribution in [2.75, 3.05) is 33.4 Å². The molecule has 0 aliphatic heterocycles. The number of benzene rings is 1. The Morgan fingerprint density at radius 3 is 2.62 bits per heavy atom. The summed E-state index contributed by atoms with van der Waals surface area (Å²) in [6.07, 6.45) is -0.579. The van der Waals surface area contributed by atoms with Gasteiger partial charge in [0.25, 0.3) is 0 Å². The minimum atomic E-state index is -0.579. The summed E-state index contributed by atoms with van der Waals surface area (Å²) in [6, 6.07) is 8.34. The SMILES string of the molecule is CCNC(=NCC(O)COCC(C)C)N(C)Cc1ccccc1C.